The lowest BCUT2D eigenvalue weighted by Gasteiger charge is -2.39. The van der Waals surface area contributed by atoms with Gasteiger partial charge in [-0.15, -0.1) is 0 Å². The molecule has 0 amide bonds. The minimum atomic E-state index is -0.255. The highest BCUT2D eigenvalue weighted by molar-refractivity contribution is 4.78. The van der Waals surface area contributed by atoms with Crippen LogP contribution in [-0.4, -0.2) is 30.7 Å². The standard InChI is InChI=1S/C10H20O3/c1-4-10(3,7-11)9-12-6-5-8(2)13-9/h8-9,11H,4-7H2,1-3H3. The lowest BCUT2D eigenvalue weighted by Crippen LogP contribution is -2.44. The molecule has 0 aliphatic carbocycles. The predicted octanol–water partition coefficient (Wildman–Crippen LogP) is 1.55. The summed E-state index contributed by atoms with van der Waals surface area (Å²) < 4.78 is 11.2. The summed E-state index contributed by atoms with van der Waals surface area (Å²) in [6.07, 6.45) is 1.81. The number of hydrogen-bond donors (Lipinski definition) is 1. The van der Waals surface area contributed by atoms with E-state index in [4.69, 9.17) is 9.47 Å². The van der Waals surface area contributed by atoms with Crippen LogP contribution < -0.4 is 0 Å². The number of hydrogen-bond acceptors (Lipinski definition) is 3. The van der Waals surface area contributed by atoms with E-state index in [2.05, 4.69) is 0 Å². The first-order valence-corrected chi connectivity index (χ1v) is 5.00. The van der Waals surface area contributed by atoms with E-state index in [0.29, 0.717) is 0 Å². The maximum absolute atomic E-state index is 9.26. The lowest BCUT2D eigenvalue weighted by molar-refractivity contribution is -0.262. The molecule has 0 aromatic carbocycles. The van der Waals surface area contributed by atoms with Crippen LogP contribution >= 0.6 is 0 Å². The summed E-state index contributed by atoms with van der Waals surface area (Å²) in [5.41, 5.74) is -0.255. The van der Waals surface area contributed by atoms with E-state index in [0.717, 1.165) is 19.4 Å². The zero-order chi connectivity index (χ0) is 9.90. The Bertz CT molecular complexity index is 154. The summed E-state index contributed by atoms with van der Waals surface area (Å²) >= 11 is 0. The Hall–Kier alpha value is -0.120. The molecule has 0 bridgehead atoms. The van der Waals surface area contributed by atoms with Gasteiger partial charge in [0, 0.05) is 5.41 Å². The molecule has 1 aliphatic heterocycles. The molecular weight excluding hydrogens is 168 g/mol. The topological polar surface area (TPSA) is 38.7 Å². The summed E-state index contributed by atoms with van der Waals surface area (Å²) in [4.78, 5) is 0. The monoisotopic (exact) mass is 188 g/mol. The fraction of sp³-hybridized carbons (Fsp3) is 1.00. The molecule has 1 saturated heterocycles. The van der Waals surface area contributed by atoms with Gasteiger partial charge in [0.2, 0.25) is 0 Å². The quantitative estimate of drug-likeness (QED) is 0.730. The van der Waals surface area contributed by atoms with Gasteiger partial charge in [0.05, 0.1) is 19.3 Å². The predicted molar refractivity (Wildman–Crippen MR) is 50.4 cm³/mol. The van der Waals surface area contributed by atoms with E-state index in [-0.39, 0.29) is 24.4 Å². The van der Waals surface area contributed by atoms with Crippen LogP contribution in [0.1, 0.15) is 33.6 Å². The molecule has 1 heterocycles. The van der Waals surface area contributed by atoms with Gasteiger partial charge in [-0.1, -0.05) is 13.8 Å². The fourth-order valence-electron chi connectivity index (χ4n) is 1.38. The zero-order valence-electron chi connectivity index (χ0n) is 8.75. The van der Waals surface area contributed by atoms with Crippen molar-refractivity contribution < 1.29 is 14.6 Å². The first-order chi connectivity index (χ1) is 6.12. The van der Waals surface area contributed by atoms with Gasteiger partial charge in [-0.3, -0.25) is 0 Å². The minimum Gasteiger partial charge on any atom is -0.396 e. The van der Waals surface area contributed by atoms with E-state index in [1.807, 2.05) is 20.8 Å². The number of rotatable bonds is 3. The largest absolute Gasteiger partial charge is 0.396 e. The van der Waals surface area contributed by atoms with E-state index < -0.39 is 0 Å². The molecule has 0 aromatic rings. The van der Waals surface area contributed by atoms with Crippen molar-refractivity contribution in [2.24, 2.45) is 5.41 Å². The average Bonchev–Trinajstić information content (AvgIpc) is 2.17. The van der Waals surface area contributed by atoms with Crippen molar-refractivity contribution in [2.75, 3.05) is 13.2 Å². The normalized spacial score (nSPS) is 34.2. The second-order valence-electron chi connectivity index (χ2n) is 4.10. The van der Waals surface area contributed by atoms with Gasteiger partial charge in [0.25, 0.3) is 0 Å². The van der Waals surface area contributed by atoms with Gasteiger partial charge < -0.3 is 14.6 Å². The summed E-state index contributed by atoms with van der Waals surface area (Å²) in [5, 5.41) is 9.26. The SMILES string of the molecule is CCC(C)(CO)C1OCCC(C)O1. The Kier molecular flexibility index (Phi) is 3.71. The van der Waals surface area contributed by atoms with Crippen molar-refractivity contribution in [1.29, 1.82) is 0 Å². The Morgan fingerprint density at radius 3 is 2.69 bits per heavy atom. The van der Waals surface area contributed by atoms with Crippen LogP contribution in [0.25, 0.3) is 0 Å². The van der Waals surface area contributed by atoms with Gasteiger partial charge in [-0.2, -0.15) is 0 Å². The van der Waals surface area contributed by atoms with Crippen molar-refractivity contribution in [1.82, 2.24) is 0 Å². The third kappa shape index (κ3) is 2.42. The Morgan fingerprint density at radius 1 is 1.54 bits per heavy atom. The molecule has 78 valence electrons. The summed E-state index contributed by atoms with van der Waals surface area (Å²) in [5.74, 6) is 0. The van der Waals surface area contributed by atoms with Crippen LogP contribution in [0, 0.1) is 5.41 Å². The van der Waals surface area contributed by atoms with Crippen LogP contribution in [0.3, 0.4) is 0 Å². The molecule has 3 unspecified atom stereocenters. The van der Waals surface area contributed by atoms with E-state index in [1.54, 1.807) is 0 Å². The highest BCUT2D eigenvalue weighted by Crippen LogP contribution is 2.31. The molecule has 3 atom stereocenters. The smallest absolute Gasteiger partial charge is 0.165 e. The molecule has 1 aliphatic rings. The summed E-state index contributed by atoms with van der Waals surface area (Å²) in [7, 11) is 0. The van der Waals surface area contributed by atoms with E-state index >= 15 is 0 Å². The number of ether oxygens (including phenoxy) is 2. The van der Waals surface area contributed by atoms with Crippen LogP contribution in [0.4, 0.5) is 0 Å². The van der Waals surface area contributed by atoms with Crippen molar-refractivity contribution >= 4 is 0 Å². The Labute approximate surface area is 80.0 Å². The minimum absolute atomic E-state index is 0.112. The van der Waals surface area contributed by atoms with Gasteiger partial charge in [0.1, 0.15) is 0 Å². The molecule has 1 rings (SSSR count). The van der Waals surface area contributed by atoms with Crippen molar-refractivity contribution in [2.45, 2.75) is 46.0 Å². The van der Waals surface area contributed by atoms with Crippen molar-refractivity contribution in [3.63, 3.8) is 0 Å². The molecular formula is C10H20O3. The Balaban J connectivity index is 2.57. The van der Waals surface area contributed by atoms with Crippen LogP contribution in [0.2, 0.25) is 0 Å². The molecule has 13 heavy (non-hydrogen) atoms. The first-order valence-electron chi connectivity index (χ1n) is 5.00. The third-order valence-electron chi connectivity index (χ3n) is 2.89. The van der Waals surface area contributed by atoms with E-state index in [1.165, 1.54) is 0 Å². The highest BCUT2D eigenvalue weighted by atomic mass is 16.7. The van der Waals surface area contributed by atoms with Gasteiger partial charge in [-0.05, 0) is 19.8 Å². The summed E-state index contributed by atoms with van der Waals surface area (Å²) in [6, 6.07) is 0. The number of aliphatic hydroxyl groups is 1. The van der Waals surface area contributed by atoms with Crippen LogP contribution in [-0.2, 0) is 9.47 Å². The van der Waals surface area contributed by atoms with Crippen LogP contribution in [0.5, 0.6) is 0 Å². The maximum atomic E-state index is 9.26. The first kappa shape index (κ1) is 11.0. The molecule has 1 fully saturated rings. The van der Waals surface area contributed by atoms with Crippen molar-refractivity contribution in [3.05, 3.63) is 0 Å². The highest BCUT2D eigenvalue weighted by Gasteiger charge is 2.36. The van der Waals surface area contributed by atoms with Crippen molar-refractivity contribution in [3.8, 4) is 0 Å². The van der Waals surface area contributed by atoms with Gasteiger partial charge in [0.15, 0.2) is 6.29 Å². The summed E-state index contributed by atoms with van der Waals surface area (Å²) in [6.45, 7) is 6.93. The molecule has 3 nitrogen and oxygen atoms in total. The molecule has 0 aromatic heterocycles. The molecule has 0 saturated carbocycles. The molecule has 0 spiro atoms. The zero-order valence-corrected chi connectivity index (χ0v) is 8.75. The average molecular weight is 188 g/mol. The number of aliphatic hydroxyl groups excluding tert-OH is 1. The Morgan fingerprint density at radius 2 is 2.23 bits per heavy atom. The molecule has 1 N–H and O–H groups in total. The molecule has 3 heteroatoms. The maximum Gasteiger partial charge on any atom is 0.165 e. The second-order valence-corrected chi connectivity index (χ2v) is 4.10. The second kappa shape index (κ2) is 4.40. The third-order valence-corrected chi connectivity index (χ3v) is 2.89. The molecule has 0 radical (unpaired) electrons. The van der Waals surface area contributed by atoms with E-state index in [9.17, 15) is 5.11 Å². The van der Waals surface area contributed by atoms with Gasteiger partial charge >= 0.3 is 0 Å². The fourth-order valence-corrected chi connectivity index (χ4v) is 1.38. The van der Waals surface area contributed by atoms with Gasteiger partial charge in [-0.25, -0.2) is 0 Å². The lowest BCUT2D eigenvalue weighted by atomic mass is 9.87. The van der Waals surface area contributed by atoms with Crippen LogP contribution in [0.15, 0.2) is 0 Å².